The summed E-state index contributed by atoms with van der Waals surface area (Å²) in [6.45, 7) is 8.07. The van der Waals surface area contributed by atoms with Gasteiger partial charge in [0.15, 0.2) is 0 Å². The van der Waals surface area contributed by atoms with E-state index in [2.05, 4.69) is 30.7 Å². The number of hydrogen-bond acceptors (Lipinski definition) is 5. The van der Waals surface area contributed by atoms with Crippen molar-refractivity contribution < 1.29 is 4.92 Å². The fraction of sp³-hybridized carbons (Fsp3) is 0.667. The van der Waals surface area contributed by atoms with Crippen LogP contribution in [-0.2, 0) is 0 Å². The summed E-state index contributed by atoms with van der Waals surface area (Å²) in [5.74, 6) is 0.817. The number of rotatable bonds is 2. The summed E-state index contributed by atoms with van der Waals surface area (Å²) in [4.78, 5) is 20.2. The molecule has 0 radical (unpaired) electrons. The zero-order valence-corrected chi connectivity index (χ0v) is 12.0. The molecule has 0 bridgehead atoms. The Hall–Kier alpha value is -1.43. The second-order valence-electron chi connectivity index (χ2n) is 5.90. The van der Waals surface area contributed by atoms with E-state index in [9.17, 15) is 10.1 Å². The van der Waals surface area contributed by atoms with E-state index in [4.69, 9.17) is 11.6 Å². The molecule has 1 unspecified atom stereocenters. The minimum Gasteiger partial charge on any atom is -0.350 e. The Morgan fingerprint density at radius 1 is 1.53 bits per heavy atom. The van der Waals surface area contributed by atoms with E-state index in [-0.39, 0.29) is 16.4 Å². The molecule has 104 valence electrons. The van der Waals surface area contributed by atoms with E-state index >= 15 is 0 Å². The Kier molecular flexibility index (Phi) is 3.62. The van der Waals surface area contributed by atoms with Gasteiger partial charge in [-0.3, -0.25) is 10.1 Å². The van der Waals surface area contributed by atoms with Crippen LogP contribution >= 0.6 is 11.6 Å². The van der Waals surface area contributed by atoms with Crippen molar-refractivity contribution in [2.24, 2.45) is 11.3 Å². The van der Waals surface area contributed by atoms with Crippen LogP contribution in [0.15, 0.2) is 6.20 Å². The van der Waals surface area contributed by atoms with Gasteiger partial charge in [-0.05, 0) is 29.4 Å². The number of nitro groups is 1. The second kappa shape index (κ2) is 4.92. The van der Waals surface area contributed by atoms with Crippen molar-refractivity contribution in [2.45, 2.75) is 27.2 Å². The van der Waals surface area contributed by atoms with Crippen LogP contribution in [0.3, 0.4) is 0 Å². The molecule has 19 heavy (non-hydrogen) atoms. The maximum atomic E-state index is 11.0. The molecule has 2 rings (SSSR count). The summed E-state index contributed by atoms with van der Waals surface area (Å²) >= 11 is 5.75. The van der Waals surface area contributed by atoms with E-state index in [1.807, 2.05) is 4.90 Å². The molecule has 1 aromatic rings. The van der Waals surface area contributed by atoms with Crippen molar-refractivity contribution >= 4 is 23.1 Å². The predicted octanol–water partition coefficient (Wildman–Crippen LogP) is 2.91. The molecule has 0 spiro atoms. The van der Waals surface area contributed by atoms with Gasteiger partial charge in [-0.25, -0.2) is 4.98 Å². The van der Waals surface area contributed by atoms with Gasteiger partial charge in [0, 0.05) is 13.1 Å². The van der Waals surface area contributed by atoms with Crippen molar-refractivity contribution in [1.82, 2.24) is 9.97 Å². The molecule has 2 heterocycles. The average molecular weight is 285 g/mol. The fourth-order valence-electron chi connectivity index (χ4n) is 2.37. The van der Waals surface area contributed by atoms with Crippen molar-refractivity contribution in [3.63, 3.8) is 0 Å². The van der Waals surface area contributed by atoms with Gasteiger partial charge in [-0.1, -0.05) is 20.8 Å². The lowest BCUT2D eigenvalue weighted by molar-refractivity contribution is -0.384. The van der Waals surface area contributed by atoms with Gasteiger partial charge in [0.2, 0.25) is 11.1 Å². The molecular formula is C12H17ClN4O2. The molecule has 1 saturated heterocycles. The predicted molar refractivity (Wildman–Crippen MR) is 73.5 cm³/mol. The van der Waals surface area contributed by atoms with Crippen LogP contribution in [0, 0.1) is 21.4 Å². The first-order valence-corrected chi connectivity index (χ1v) is 6.58. The Morgan fingerprint density at radius 2 is 2.21 bits per heavy atom. The van der Waals surface area contributed by atoms with E-state index in [0.717, 1.165) is 19.5 Å². The van der Waals surface area contributed by atoms with Gasteiger partial charge in [-0.15, -0.1) is 0 Å². The van der Waals surface area contributed by atoms with E-state index < -0.39 is 4.92 Å². The normalized spacial score (nSPS) is 19.8. The lowest BCUT2D eigenvalue weighted by atomic mass is 9.80. The summed E-state index contributed by atoms with van der Waals surface area (Å²) in [6.07, 6.45) is 2.18. The first kappa shape index (κ1) is 14.0. The molecule has 1 aliphatic heterocycles. The van der Waals surface area contributed by atoms with Gasteiger partial charge in [0.05, 0.1) is 4.92 Å². The highest BCUT2D eigenvalue weighted by Gasteiger charge is 2.35. The summed E-state index contributed by atoms with van der Waals surface area (Å²) in [7, 11) is 0. The lowest BCUT2D eigenvalue weighted by Gasteiger charge is -2.27. The molecule has 0 aromatic carbocycles. The van der Waals surface area contributed by atoms with Crippen LogP contribution < -0.4 is 4.90 Å². The zero-order valence-electron chi connectivity index (χ0n) is 11.3. The third kappa shape index (κ3) is 2.94. The highest BCUT2D eigenvalue weighted by molar-refractivity contribution is 6.28. The van der Waals surface area contributed by atoms with Crippen LogP contribution in [0.25, 0.3) is 0 Å². The first-order valence-electron chi connectivity index (χ1n) is 6.21. The van der Waals surface area contributed by atoms with Crippen LogP contribution in [-0.4, -0.2) is 28.0 Å². The largest absolute Gasteiger partial charge is 0.350 e. The molecule has 1 aromatic heterocycles. The number of halogens is 1. The zero-order chi connectivity index (χ0) is 14.2. The maximum absolute atomic E-state index is 11.0. The minimum absolute atomic E-state index is 0.0415. The Labute approximate surface area is 117 Å². The van der Waals surface area contributed by atoms with Gasteiger partial charge in [0.25, 0.3) is 0 Å². The maximum Gasteiger partial charge on any atom is 0.329 e. The highest BCUT2D eigenvalue weighted by Crippen LogP contribution is 2.37. The Balaban J connectivity index is 2.28. The van der Waals surface area contributed by atoms with Gasteiger partial charge < -0.3 is 4.90 Å². The molecule has 7 heteroatoms. The average Bonchev–Trinajstić information content (AvgIpc) is 2.77. The molecule has 1 atom stereocenters. The molecule has 0 amide bonds. The fourth-order valence-corrected chi connectivity index (χ4v) is 2.50. The monoisotopic (exact) mass is 284 g/mol. The third-order valence-corrected chi connectivity index (χ3v) is 3.81. The lowest BCUT2D eigenvalue weighted by Crippen LogP contribution is -2.27. The van der Waals surface area contributed by atoms with Crippen LogP contribution in [0.4, 0.5) is 11.5 Å². The molecule has 6 nitrogen and oxygen atoms in total. The molecule has 0 aliphatic carbocycles. The standard InChI is InChI=1S/C12H17ClN4O2/c1-12(2,3)8-4-5-16(7-8)10-9(17(18)19)6-14-11(13)15-10/h6,8H,4-5,7H2,1-3H3. The summed E-state index contributed by atoms with van der Waals surface area (Å²) in [5.41, 5.74) is 0.0966. The Morgan fingerprint density at radius 3 is 2.74 bits per heavy atom. The number of aromatic nitrogens is 2. The smallest absolute Gasteiger partial charge is 0.329 e. The van der Waals surface area contributed by atoms with E-state index in [1.165, 1.54) is 6.20 Å². The topological polar surface area (TPSA) is 72.2 Å². The van der Waals surface area contributed by atoms with Crippen LogP contribution in [0.2, 0.25) is 5.28 Å². The molecule has 1 fully saturated rings. The quantitative estimate of drug-likeness (QED) is 0.474. The highest BCUT2D eigenvalue weighted by atomic mass is 35.5. The first-order chi connectivity index (χ1) is 8.79. The SMILES string of the molecule is CC(C)(C)C1CCN(c2nc(Cl)ncc2[N+](=O)[O-])C1. The number of anilines is 1. The van der Waals surface area contributed by atoms with Crippen molar-refractivity contribution in [2.75, 3.05) is 18.0 Å². The molecule has 1 aliphatic rings. The van der Waals surface area contributed by atoms with Gasteiger partial charge in [-0.2, -0.15) is 4.98 Å². The minimum atomic E-state index is -0.462. The van der Waals surface area contributed by atoms with Crippen molar-refractivity contribution in [3.05, 3.63) is 21.6 Å². The summed E-state index contributed by atoms with van der Waals surface area (Å²) in [5, 5.41) is 11.1. The summed E-state index contributed by atoms with van der Waals surface area (Å²) < 4.78 is 0. The van der Waals surface area contributed by atoms with Gasteiger partial charge in [0.1, 0.15) is 6.20 Å². The summed E-state index contributed by atoms with van der Waals surface area (Å²) in [6, 6.07) is 0. The number of nitrogens with zero attached hydrogens (tertiary/aromatic N) is 4. The Bertz CT molecular complexity index is 501. The van der Waals surface area contributed by atoms with Crippen LogP contribution in [0.1, 0.15) is 27.2 Å². The van der Waals surface area contributed by atoms with Gasteiger partial charge >= 0.3 is 5.69 Å². The van der Waals surface area contributed by atoms with Crippen molar-refractivity contribution in [1.29, 1.82) is 0 Å². The molecular weight excluding hydrogens is 268 g/mol. The van der Waals surface area contributed by atoms with E-state index in [1.54, 1.807) is 0 Å². The third-order valence-electron chi connectivity index (χ3n) is 3.63. The van der Waals surface area contributed by atoms with Crippen molar-refractivity contribution in [3.8, 4) is 0 Å². The van der Waals surface area contributed by atoms with E-state index in [0.29, 0.717) is 11.7 Å². The molecule has 0 saturated carbocycles. The number of hydrogen-bond donors (Lipinski definition) is 0. The van der Waals surface area contributed by atoms with Crippen LogP contribution in [0.5, 0.6) is 0 Å². The second-order valence-corrected chi connectivity index (χ2v) is 6.24. The molecule has 0 N–H and O–H groups in total.